The fourth-order valence-corrected chi connectivity index (χ4v) is 5.19. The Kier molecular flexibility index (Phi) is 7.33. The van der Waals surface area contributed by atoms with Gasteiger partial charge in [0, 0.05) is 72.8 Å². The Morgan fingerprint density at radius 1 is 1.10 bits per heavy atom. The Balaban J connectivity index is 1.18. The van der Waals surface area contributed by atoms with Gasteiger partial charge in [0.1, 0.15) is 6.33 Å². The standard InChI is InChI=1S/C30H29F3N8O/c1-19-2-3-20(12-26(19)40-28-36-9-6-25(39-28)22-14-34-18-35-15-22)27(42)38-23-5-4-21(24(13-23)30(31,32)33)16-41-11-10-37-29(17-41)7-8-29/h2-6,9,12-15,18,37H,7-8,10-11,16-17H2,1H3,(H,38,42)(H,36,39,40). The summed E-state index contributed by atoms with van der Waals surface area (Å²) in [5, 5.41) is 9.24. The van der Waals surface area contributed by atoms with E-state index in [4.69, 9.17) is 0 Å². The number of halogens is 3. The highest BCUT2D eigenvalue weighted by atomic mass is 19.4. The van der Waals surface area contributed by atoms with Gasteiger partial charge in [0.05, 0.1) is 11.3 Å². The Labute approximate surface area is 240 Å². The van der Waals surface area contributed by atoms with Crippen molar-refractivity contribution in [2.75, 3.05) is 30.3 Å². The topological polar surface area (TPSA) is 108 Å². The molecule has 3 N–H and O–H groups in total. The van der Waals surface area contributed by atoms with E-state index in [1.807, 2.05) is 6.92 Å². The van der Waals surface area contributed by atoms with E-state index in [1.54, 1.807) is 42.9 Å². The van der Waals surface area contributed by atoms with Gasteiger partial charge in [-0.25, -0.2) is 19.9 Å². The number of hydrogen-bond donors (Lipinski definition) is 3. The van der Waals surface area contributed by atoms with Crippen molar-refractivity contribution in [2.45, 2.75) is 38.0 Å². The van der Waals surface area contributed by atoms with Gasteiger partial charge in [0.15, 0.2) is 0 Å². The molecule has 9 nitrogen and oxygen atoms in total. The Morgan fingerprint density at radius 3 is 2.67 bits per heavy atom. The lowest BCUT2D eigenvalue weighted by Crippen LogP contribution is -2.52. The summed E-state index contributed by atoms with van der Waals surface area (Å²) in [5.74, 6) is -0.229. The van der Waals surface area contributed by atoms with E-state index in [1.165, 1.54) is 18.5 Å². The number of anilines is 3. The highest BCUT2D eigenvalue weighted by Crippen LogP contribution is 2.39. The summed E-state index contributed by atoms with van der Waals surface area (Å²) in [6, 6.07) is 10.7. The van der Waals surface area contributed by atoms with E-state index >= 15 is 0 Å². The average Bonchev–Trinajstić information content (AvgIpc) is 3.72. The lowest BCUT2D eigenvalue weighted by atomic mass is 10.0. The number of carbonyl (C=O) groups is 1. The third kappa shape index (κ3) is 6.24. The maximum atomic E-state index is 14.1. The van der Waals surface area contributed by atoms with Crippen LogP contribution in [0.4, 0.5) is 30.5 Å². The van der Waals surface area contributed by atoms with Gasteiger partial charge in [0.2, 0.25) is 5.95 Å². The number of amides is 1. The van der Waals surface area contributed by atoms with E-state index < -0.39 is 17.6 Å². The van der Waals surface area contributed by atoms with Crippen LogP contribution in [0.15, 0.2) is 67.4 Å². The van der Waals surface area contributed by atoms with Crippen LogP contribution in [0, 0.1) is 6.92 Å². The molecule has 2 fully saturated rings. The number of aryl methyl sites for hydroxylation is 1. The number of hydrogen-bond acceptors (Lipinski definition) is 8. The Morgan fingerprint density at radius 2 is 1.90 bits per heavy atom. The number of piperazine rings is 1. The first-order valence-electron chi connectivity index (χ1n) is 13.6. The van der Waals surface area contributed by atoms with Crippen molar-refractivity contribution in [2.24, 2.45) is 0 Å². The van der Waals surface area contributed by atoms with Gasteiger partial charge in [-0.3, -0.25) is 9.69 Å². The van der Waals surface area contributed by atoms with Gasteiger partial charge in [-0.1, -0.05) is 12.1 Å². The molecule has 1 saturated heterocycles. The summed E-state index contributed by atoms with van der Waals surface area (Å²) in [5.41, 5.74) is 2.62. The molecule has 2 aromatic carbocycles. The molecule has 4 aromatic rings. The maximum Gasteiger partial charge on any atom is 0.416 e. The van der Waals surface area contributed by atoms with Crippen molar-refractivity contribution in [3.05, 3.63) is 89.6 Å². The molecule has 2 aromatic heterocycles. The van der Waals surface area contributed by atoms with E-state index in [2.05, 4.69) is 40.8 Å². The monoisotopic (exact) mass is 574 g/mol. The number of nitrogens with one attached hydrogen (secondary N) is 3. The first kappa shape index (κ1) is 27.7. The summed E-state index contributed by atoms with van der Waals surface area (Å²) in [6.45, 7) is 4.26. The fourth-order valence-electron chi connectivity index (χ4n) is 5.19. The van der Waals surface area contributed by atoms with Crippen LogP contribution in [-0.4, -0.2) is 55.9 Å². The van der Waals surface area contributed by atoms with Crippen LogP contribution in [0.5, 0.6) is 0 Å². The van der Waals surface area contributed by atoms with Crippen LogP contribution in [0.25, 0.3) is 11.3 Å². The highest BCUT2D eigenvalue weighted by molar-refractivity contribution is 6.05. The normalized spacial score (nSPS) is 16.3. The number of alkyl halides is 3. The Hall–Kier alpha value is -4.42. The van der Waals surface area contributed by atoms with Gasteiger partial charge in [-0.15, -0.1) is 0 Å². The number of carbonyl (C=O) groups excluding carboxylic acids is 1. The molecule has 1 aliphatic carbocycles. The average molecular weight is 575 g/mol. The third-order valence-electron chi connectivity index (χ3n) is 7.63. The summed E-state index contributed by atoms with van der Waals surface area (Å²) in [4.78, 5) is 32.0. The number of aromatic nitrogens is 4. The molecule has 6 rings (SSSR count). The summed E-state index contributed by atoms with van der Waals surface area (Å²) in [7, 11) is 0. The largest absolute Gasteiger partial charge is 0.416 e. The third-order valence-corrected chi connectivity index (χ3v) is 7.63. The molecular formula is C30H29F3N8O. The van der Waals surface area contributed by atoms with Crippen LogP contribution >= 0.6 is 0 Å². The predicted molar refractivity (Wildman–Crippen MR) is 152 cm³/mol. The molecular weight excluding hydrogens is 545 g/mol. The van der Waals surface area contributed by atoms with Crippen molar-refractivity contribution in [1.29, 1.82) is 0 Å². The minimum absolute atomic E-state index is 0.0675. The van der Waals surface area contributed by atoms with Crippen LogP contribution in [0.3, 0.4) is 0 Å². The lowest BCUT2D eigenvalue weighted by molar-refractivity contribution is -0.138. The zero-order chi connectivity index (χ0) is 29.3. The van der Waals surface area contributed by atoms with Gasteiger partial charge in [-0.2, -0.15) is 13.2 Å². The molecule has 0 radical (unpaired) electrons. The molecule has 1 spiro atoms. The van der Waals surface area contributed by atoms with E-state index in [0.29, 0.717) is 23.9 Å². The number of benzene rings is 2. The second kappa shape index (κ2) is 11.1. The van der Waals surface area contributed by atoms with Gasteiger partial charge in [-0.05, 0) is 61.2 Å². The maximum absolute atomic E-state index is 14.1. The second-order valence-electron chi connectivity index (χ2n) is 10.8. The zero-order valence-corrected chi connectivity index (χ0v) is 22.9. The summed E-state index contributed by atoms with van der Waals surface area (Å²) >= 11 is 0. The molecule has 2 aliphatic rings. The van der Waals surface area contributed by atoms with Crippen LogP contribution in [-0.2, 0) is 12.7 Å². The molecule has 1 amide bonds. The SMILES string of the molecule is Cc1ccc(C(=O)Nc2ccc(CN3CCNC4(CC4)C3)c(C(F)(F)F)c2)cc1Nc1nccc(-c2cncnc2)n1. The first-order valence-corrected chi connectivity index (χ1v) is 13.6. The van der Waals surface area contributed by atoms with Crippen LogP contribution in [0.2, 0.25) is 0 Å². The summed E-state index contributed by atoms with van der Waals surface area (Å²) < 4.78 is 42.2. The molecule has 1 saturated carbocycles. The molecule has 216 valence electrons. The van der Waals surface area contributed by atoms with Crippen molar-refractivity contribution in [1.82, 2.24) is 30.2 Å². The van der Waals surface area contributed by atoms with E-state index in [-0.39, 0.29) is 28.9 Å². The summed E-state index contributed by atoms with van der Waals surface area (Å²) in [6.07, 6.45) is 3.86. The van der Waals surface area contributed by atoms with Crippen LogP contribution < -0.4 is 16.0 Å². The quantitative estimate of drug-likeness (QED) is 0.277. The lowest BCUT2D eigenvalue weighted by Gasteiger charge is -2.34. The predicted octanol–water partition coefficient (Wildman–Crippen LogP) is 5.19. The zero-order valence-electron chi connectivity index (χ0n) is 22.9. The van der Waals surface area contributed by atoms with Gasteiger partial charge in [0.25, 0.3) is 5.91 Å². The second-order valence-corrected chi connectivity index (χ2v) is 10.8. The van der Waals surface area contributed by atoms with Crippen molar-refractivity contribution < 1.29 is 18.0 Å². The molecule has 12 heteroatoms. The minimum atomic E-state index is -4.55. The van der Waals surface area contributed by atoms with Gasteiger partial charge >= 0.3 is 6.18 Å². The molecule has 0 atom stereocenters. The highest BCUT2D eigenvalue weighted by Gasteiger charge is 2.45. The number of rotatable bonds is 7. The molecule has 3 heterocycles. The smallest absolute Gasteiger partial charge is 0.324 e. The van der Waals surface area contributed by atoms with E-state index in [9.17, 15) is 18.0 Å². The number of nitrogens with zero attached hydrogens (tertiary/aromatic N) is 5. The minimum Gasteiger partial charge on any atom is -0.324 e. The first-order chi connectivity index (χ1) is 20.2. The molecule has 0 bridgehead atoms. The molecule has 0 unspecified atom stereocenters. The van der Waals surface area contributed by atoms with Gasteiger partial charge < -0.3 is 16.0 Å². The van der Waals surface area contributed by atoms with Crippen molar-refractivity contribution in [3.63, 3.8) is 0 Å². The van der Waals surface area contributed by atoms with Crippen molar-refractivity contribution >= 4 is 23.2 Å². The van der Waals surface area contributed by atoms with E-state index in [0.717, 1.165) is 43.1 Å². The van der Waals surface area contributed by atoms with Crippen LogP contribution in [0.1, 0.15) is 39.9 Å². The Bertz CT molecular complexity index is 1610. The molecule has 42 heavy (non-hydrogen) atoms. The van der Waals surface area contributed by atoms with Crippen molar-refractivity contribution in [3.8, 4) is 11.3 Å². The fraction of sp³-hybridized carbons (Fsp3) is 0.300. The molecule has 1 aliphatic heterocycles.